The van der Waals surface area contributed by atoms with Crippen molar-refractivity contribution < 1.29 is 4.79 Å². The lowest BCUT2D eigenvalue weighted by molar-refractivity contribution is -0.122. The van der Waals surface area contributed by atoms with Gasteiger partial charge < -0.3 is 11.1 Å². The molecule has 1 atom stereocenters. The summed E-state index contributed by atoms with van der Waals surface area (Å²) in [6, 6.07) is 0.292. The highest BCUT2D eigenvalue weighted by Gasteiger charge is 2.27. The van der Waals surface area contributed by atoms with Gasteiger partial charge >= 0.3 is 0 Å². The first-order valence-electron chi connectivity index (χ1n) is 7.50. The lowest BCUT2D eigenvalue weighted by Gasteiger charge is -2.41. The minimum Gasteiger partial charge on any atom is -0.353 e. The van der Waals surface area contributed by atoms with Crippen LogP contribution < -0.4 is 11.1 Å². The Hall–Kier alpha value is -0.610. The summed E-state index contributed by atoms with van der Waals surface area (Å²) in [6.07, 6.45) is 2.52. The highest BCUT2D eigenvalue weighted by atomic mass is 16.1. The predicted octanol–water partition coefficient (Wildman–Crippen LogP) is 1.74. The zero-order valence-corrected chi connectivity index (χ0v) is 13.2. The van der Waals surface area contributed by atoms with Crippen LogP contribution in [0.5, 0.6) is 0 Å². The first-order valence-corrected chi connectivity index (χ1v) is 7.50. The van der Waals surface area contributed by atoms with E-state index >= 15 is 0 Å². The van der Waals surface area contributed by atoms with E-state index in [0.717, 1.165) is 25.9 Å². The van der Waals surface area contributed by atoms with Crippen molar-refractivity contribution in [3.05, 3.63) is 0 Å². The highest BCUT2D eigenvalue weighted by molar-refractivity contribution is 5.76. The second kappa shape index (κ2) is 6.71. The highest BCUT2D eigenvalue weighted by Crippen LogP contribution is 2.20. The summed E-state index contributed by atoms with van der Waals surface area (Å²) in [7, 11) is 0. The number of rotatable bonds is 4. The quantitative estimate of drug-likeness (QED) is 0.817. The number of carbonyl (C=O) groups is 1. The van der Waals surface area contributed by atoms with Crippen molar-refractivity contribution in [3.63, 3.8) is 0 Å². The molecule has 1 unspecified atom stereocenters. The van der Waals surface area contributed by atoms with Crippen LogP contribution >= 0.6 is 0 Å². The average Bonchev–Trinajstić information content (AvgIpc) is 2.28. The van der Waals surface area contributed by atoms with Gasteiger partial charge in [0.2, 0.25) is 5.91 Å². The third kappa shape index (κ3) is 5.49. The number of hydrogen-bond acceptors (Lipinski definition) is 3. The first-order chi connectivity index (χ1) is 8.70. The first kappa shape index (κ1) is 16.4. The standard InChI is InChI=1S/C15H31N3O/c1-11(2)13(16)10-14(19)17-12-6-8-18(9-7-12)15(3,4)5/h11-13H,6-10,16H2,1-5H3,(H,17,19). The van der Waals surface area contributed by atoms with Crippen molar-refractivity contribution in [2.45, 2.75) is 71.5 Å². The number of hydrogen-bond donors (Lipinski definition) is 2. The van der Waals surface area contributed by atoms with Crippen LogP contribution in [0.2, 0.25) is 0 Å². The van der Waals surface area contributed by atoms with Crippen molar-refractivity contribution in [2.24, 2.45) is 11.7 Å². The van der Waals surface area contributed by atoms with Gasteiger partial charge in [-0.05, 0) is 39.5 Å². The molecule has 1 heterocycles. The average molecular weight is 269 g/mol. The van der Waals surface area contributed by atoms with Gasteiger partial charge in [-0.1, -0.05) is 13.8 Å². The second-order valence-corrected chi connectivity index (χ2v) is 7.11. The van der Waals surface area contributed by atoms with E-state index in [-0.39, 0.29) is 17.5 Å². The molecule has 3 N–H and O–H groups in total. The molecule has 1 aliphatic rings. The van der Waals surface area contributed by atoms with E-state index in [0.29, 0.717) is 18.4 Å². The van der Waals surface area contributed by atoms with Gasteiger partial charge in [-0.2, -0.15) is 0 Å². The Morgan fingerprint density at radius 1 is 1.32 bits per heavy atom. The van der Waals surface area contributed by atoms with Crippen molar-refractivity contribution in [2.75, 3.05) is 13.1 Å². The molecule has 0 bridgehead atoms. The van der Waals surface area contributed by atoms with Crippen molar-refractivity contribution in [3.8, 4) is 0 Å². The van der Waals surface area contributed by atoms with Crippen LogP contribution in [0.1, 0.15) is 53.9 Å². The molecule has 4 nitrogen and oxygen atoms in total. The van der Waals surface area contributed by atoms with E-state index in [2.05, 4.69) is 44.8 Å². The van der Waals surface area contributed by atoms with E-state index in [4.69, 9.17) is 5.73 Å². The topological polar surface area (TPSA) is 58.4 Å². The fourth-order valence-electron chi connectivity index (χ4n) is 2.43. The fourth-order valence-corrected chi connectivity index (χ4v) is 2.43. The second-order valence-electron chi connectivity index (χ2n) is 7.11. The molecule has 1 aliphatic heterocycles. The molecule has 19 heavy (non-hydrogen) atoms. The molecule has 0 aromatic rings. The molecule has 0 aliphatic carbocycles. The number of piperidine rings is 1. The van der Waals surface area contributed by atoms with Gasteiger partial charge in [0, 0.05) is 37.1 Å². The van der Waals surface area contributed by atoms with Gasteiger partial charge in [-0.25, -0.2) is 0 Å². The molecule has 1 saturated heterocycles. The van der Waals surface area contributed by atoms with Crippen molar-refractivity contribution >= 4 is 5.91 Å². The number of likely N-dealkylation sites (tertiary alicyclic amines) is 1. The fraction of sp³-hybridized carbons (Fsp3) is 0.933. The smallest absolute Gasteiger partial charge is 0.221 e. The zero-order valence-electron chi connectivity index (χ0n) is 13.2. The molecule has 0 aromatic heterocycles. The summed E-state index contributed by atoms with van der Waals surface area (Å²) < 4.78 is 0. The van der Waals surface area contributed by atoms with Crippen LogP contribution in [-0.4, -0.2) is 41.5 Å². The van der Waals surface area contributed by atoms with Crippen LogP contribution in [0, 0.1) is 5.92 Å². The minimum atomic E-state index is -0.0327. The van der Waals surface area contributed by atoms with Crippen molar-refractivity contribution in [1.29, 1.82) is 0 Å². The molecule has 1 amide bonds. The van der Waals surface area contributed by atoms with Gasteiger partial charge in [-0.3, -0.25) is 9.69 Å². The molecule has 112 valence electrons. The van der Waals surface area contributed by atoms with Crippen LogP contribution in [-0.2, 0) is 4.79 Å². The van der Waals surface area contributed by atoms with Crippen LogP contribution in [0.15, 0.2) is 0 Å². The molecule has 0 radical (unpaired) electrons. The van der Waals surface area contributed by atoms with Crippen LogP contribution in [0.4, 0.5) is 0 Å². The number of nitrogens with zero attached hydrogens (tertiary/aromatic N) is 1. The monoisotopic (exact) mass is 269 g/mol. The Balaban J connectivity index is 2.31. The molecule has 0 saturated carbocycles. The predicted molar refractivity (Wildman–Crippen MR) is 79.9 cm³/mol. The van der Waals surface area contributed by atoms with Crippen LogP contribution in [0.3, 0.4) is 0 Å². The van der Waals surface area contributed by atoms with Gasteiger partial charge in [0.25, 0.3) is 0 Å². The maximum absolute atomic E-state index is 11.9. The Kier molecular flexibility index (Phi) is 5.81. The van der Waals surface area contributed by atoms with E-state index in [1.54, 1.807) is 0 Å². The van der Waals surface area contributed by atoms with Gasteiger partial charge in [0.1, 0.15) is 0 Å². The molecular weight excluding hydrogens is 238 g/mol. The molecule has 0 spiro atoms. The third-order valence-corrected chi connectivity index (χ3v) is 4.09. The maximum Gasteiger partial charge on any atom is 0.221 e. The van der Waals surface area contributed by atoms with Crippen LogP contribution in [0.25, 0.3) is 0 Å². The Morgan fingerprint density at radius 2 is 1.84 bits per heavy atom. The van der Waals surface area contributed by atoms with Gasteiger partial charge in [0.05, 0.1) is 0 Å². The normalized spacial score (nSPS) is 20.6. The lowest BCUT2D eigenvalue weighted by atomic mass is 9.97. The van der Waals surface area contributed by atoms with Crippen molar-refractivity contribution in [1.82, 2.24) is 10.2 Å². The summed E-state index contributed by atoms with van der Waals surface area (Å²) >= 11 is 0. The Morgan fingerprint density at radius 3 is 2.26 bits per heavy atom. The van der Waals surface area contributed by atoms with E-state index < -0.39 is 0 Å². The molecule has 1 rings (SSSR count). The summed E-state index contributed by atoms with van der Waals surface area (Å²) in [4.78, 5) is 14.4. The molecule has 4 heteroatoms. The van der Waals surface area contributed by atoms with Gasteiger partial charge in [-0.15, -0.1) is 0 Å². The maximum atomic E-state index is 11.9. The zero-order chi connectivity index (χ0) is 14.6. The largest absolute Gasteiger partial charge is 0.353 e. The number of amides is 1. The summed E-state index contributed by atoms with van der Waals surface area (Å²) in [5.74, 6) is 0.462. The molecule has 0 aromatic carbocycles. The molecule has 1 fully saturated rings. The Labute approximate surface area is 118 Å². The van der Waals surface area contributed by atoms with Gasteiger partial charge in [0.15, 0.2) is 0 Å². The number of nitrogens with one attached hydrogen (secondary N) is 1. The van der Waals surface area contributed by atoms with E-state index in [1.807, 2.05) is 0 Å². The Bertz CT molecular complexity index is 288. The third-order valence-electron chi connectivity index (χ3n) is 4.09. The summed E-state index contributed by atoms with van der Waals surface area (Å²) in [6.45, 7) is 13.0. The lowest BCUT2D eigenvalue weighted by Crippen LogP contribution is -2.51. The molecular formula is C15H31N3O. The number of nitrogens with two attached hydrogens (primary N) is 1. The van der Waals surface area contributed by atoms with E-state index in [9.17, 15) is 4.79 Å². The minimum absolute atomic E-state index is 0.0327. The number of carbonyl (C=O) groups excluding carboxylic acids is 1. The summed E-state index contributed by atoms with van der Waals surface area (Å²) in [5.41, 5.74) is 6.16. The SMILES string of the molecule is CC(C)C(N)CC(=O)NC1CCN(C(C)(C)C)CC1. The summed E-state index contributed by atoms with van der Waals surface area (Å²) in [5, 5.41) is 3.13. The van der Waals surface area contributed by atoms with E-state index in [1.165, 1.54) is 0 Å².